The second-order valence-electron chi connectivity index (χ2n) is 8.48. The third-order valence-corrected chi connectivity index (χ3v) is 6.17. The Morgan fingerprint density at radius 2 is 1.90 bits per heavy atom. The van der Waals surface area contributed by atoms with Crippen LogP contribution in [0.2, 0.25) is 0 Å². The third-order valence-electron chi connectivity index (χ3n) is 6.17. The van der Waals surface area contributed by atoms with E-state index in [4.69, 9.17) is 15.0 Å². The number of rotatable bonds is 9. The van der Waals surface area contributed by atoms with Gasteiger partial charge in [0.15, 0.2) is 0 Å². The summed E-state index contributed by atoms with van der Waals surface area (Å²) in [6.45, 7) is 2.23. The number of nitriles is 1. The van der Waals surface area contributed by atoms with Crippen LogP contribution >= 0.6 is 0 Å². The maximum absolute atomic E-state index is 13.7. The highest BCUT2D eigenvalue weighted by atomic mass is 19.1. The number of nitrogens with zero attached hydrogens (tertiary/aromatic N) is 2. The molecule has 4 nitrogen and oxygen atoms in total. The van der Waals surface area contributed by atoms with Crippen molar-refractivity contribution < 1.29 is 13.9 Å². The number of ether oxygens (including phenoxy) is 1. The number of esters is 1. The summed E-state index contributed by atoms with van der Waals surface area (Å²) in [5, 5.41) is 8.79. The van der Waals surface area contributed by atoms with Crippen molar-refractivity contribution in [2.24, 2.45) is 5.92 Å². The van der Waals surface area contributed by atoms with Gasteiger partial charge in [0.1, 0.15) is 17.6 Å². The molecule has 1 fully saturated rings. The lowest BCUT2D eigenvalue weighted by atomic mass is 9.80. The molecule has 3 rings (SSSR count). The molecule has 1 saturated carbocycles. The summed E-state index contributed by atoms with van der Waals surface area (Å²) in [6, 6.07) is 9.98. The molecule has 1 heterocycles. The summed E-state index contributed by atoms with van der Waals surface area (Å²) >= 11 is 0. The zero-order valence-electron chi connectivity index (χ0n) is 18.3. The number of benzene rings is 1. The number of halogens is 1. The van der Waals surface area contributed by atoms with E-state index in [0.29, 0.717) is 5.92 Å². The van der Waals surface area contributed by atoms with Crippen molar-refractivity contribution in [1.82, 2.24) is 4.98 Å². The molecule has 0 atom stereocenters. The van der Waals surface area contributed by atoms with Crippen LogP contribution in [0.3, 0.4) is 0 Å². The van der Waals surface area contributed by atoms with Gasteiger partial charge in [-0.3, -0.25) is 9.78 Å². The lowest BCUT2D eigenvalue weighted by Crippen LogP contribution is -2.25. The molecule has 0 radical (unpaired) electrons. The van der Waals surface area contributed by atoms with Crippen molar-refractivity contribution in [3.8, 4) is 11.8 Å². The molecule has 1 aliphatic carbocycles. The number of pyridine rings is 1. The summed E-state index contributed by atoms with van der Waals surface area (Å²) in [5.41, 5.74) is 2.35. The van der Waals surface area contributed by atoms with Crippen molar-refractivity contribution in [2.45, 2.75) is 77.0 Å². The van der Waals surface area contributed by atoms with Gasteiger partial charge >= 0.3 is 5.97 Å². The molecule has 31 heavy (non-hydrogen) atoms. The number of aromatic nitrogens is 1. The number of hydrogen-bond acceptors (Lipinski definition) is 4. The quantitative estimate of drug-likeness (QED) is 0.263. The fourth-order valence-electron chi connectivity index (χ4n) is 4.23. The van der Waals surface area contributed by atoms with E-state index in [1.54, 1.807) is 6.07 Å². The molecule has 1 aromatic carbocycles. The molecule has 0 bridgehead atoms. The number of hydrogen-bond donors (Lipinski definition) is 0. The van der Waals surface area contributed by atoms with E-state index in [9.17, 15) is 9.18 Å². The smallest absolute Gasteiger partial charge is 0.314 e. The molecule has 0 aliphatic heterocycles. The Morgan fingerprint density at radius 3 is 2.55 bits per heavy atom. The number of unbranched alkanes of at least 4 members (excludes halogenated alkanes) is 4. The first-order chi connectivity index (χ1) is 15.1. The van der Waals surface area contributed by atoms with Gasteiger partial charge in [0.2, 0.25) is 0 Å². The van der Waals surface area contributed by atoms with Gasteiger partial charge in [-0.15, -0.1) is 0 Å². The number of aryl methyl sites for hydroxylation is 1. The summed E-state index contributed by atoms with van der Waals surface area (Å²) in [6.07, 6.45) is 12.8. The Kier molecular flexibility index (Phi) is 8.58. The molecule has 0 spiro atoms. The first-order valence-electron chi connectivity index (χ1n) is 11.5. The topological polar surface area (TPSA) is 63.0 Å². The predicted molar refractivity (Wildman–Crippen MR) is 118 cm³/mol. The van der Waals surface area contributed by atoms with E-state index >= 15 is 0 Å². The number of carbonyl (C=O) groups excluding carboxylic acids is 1. The van der Waals surface area contributed by atoms with Gasteiger partial charge in [-0.25, -0.2) is 4.39 Å². The standard InChI is InChI=1S/C26H31FN2O2/c1-2-3-4-5-6-7-19-8-15-25(29-18-19)20-9-11-21(12-10-20)26(30)31-23-14-13-22(17-28)24(27)16-23/h8,13-16,18,20-21H,2-7,9-12H2,1H3. The first-order valence-corrected chi connectivity index (χ1v) is 11.5. The molecule has 164 valence electrons. The molecule has 1 aliphatic rings. The predicted octanol–water partition coefficient (Wildman–Crippen LogP) is 6.48. The largest absolute Gasteiger partial charge is 0.426 e. The monoisotopic (exact) mass is 422 g/mol. The molecule has 2 aromatic rings. The van der Waals surface area contributed by atoms with Gasteiger partial charge in [0.05, 0.1) is 11.5 Å². The van der Waals surface area contributed by atoms with Crippen molar-refractivity contribution >= 4 is 5.97 Å². The lowest BCUT2D eigenvalue weighted by molar-refractivity contribution is -0.140. The van der Waals surface area contributed by atoms with Crippen LogP contribution in [0, 0.1) is 23.1 Å². The summed E-state index contributed by atoms with van der Waals surface area (Å²) in [7, 11) is 0. The third kappa shape index (κ3) is 6.62. The maximum atomic E-state index is 13.7. The normalized spacial score (nSPS) is 18.4. The Balaban J connectivity index is 1.45. The highest BCUT2D eigenvalue weighted by Crippen LogP contribution is 2.35. The Bertz CT molecular complexity index is 897. The van der Waals surface area contributed by atoms with Crippen LogP contribution in [0.25, 0.3) is 0 Å². The van der Waals surface area contributed by atoms with Crippen LogP contribution in [0.1, 0.15) is 87.4 Å². The lowest BCUT2D eigenvalue weighted by Gasteiger charge is -2.27. The summed E-state index contributed by atoms with van der Waals surface area (Å²) in [5.74, 6) is -0.663. The Labute approximate surface area is 184 Å². The minimum atomic E-state index is -0.674. The Morgan fingerprint density at radius 1 is 1.13 bits per heavy atom. The van der Waals surface area contributed by atoms with Gasteiger partial charge in [-0.1, -0.05) is 38.7 Å². The van der Waals surface area contributed by atoms with Gasteiger partial charge in [-0.2, -0.15) is 5.26 Å². The molecular formula is C26H31FN2O2. The average Bonchev–Trinajstić information content (AvgIpc) is 2.79. The van der Waals surface area contributed by atoms with E-state index in [-0.39, 0.29) is 23.2 Å². The van der Waals surface area contributed by atoms with E-state index in [1.807, 2.05) is 6.20 Å². The highest BCUT2D eigenvalue weighted by molar-refractivity contribution is 5.75. The SMILES string of the molecule is CCCCCCCc1ccc(C2CCC(C(=O)Oc3ccc(C#N)c(F)c3)CC2)nc1. The Hall–Kier alpha value is -2.74. The molecule has 0 amide bonds. The molecule has 1 aromatic heterocycles. The van der Waals surface area contributed by atoms with Crippen LogP contribution < -0.4 is 4.74 Å². The van der Waals surface area contributed by atoms with E-state index < -0.39 is 5.82 Å². The molecule has 0 N–H and O–H groups in total. The average molecular weight is 423 g/mol. The highest BCUT2D eigenvalue weighted by Gasteiger charge is 2.29. The van der Waals surface area contributed by atoms with Crippen molar-refractivity contribution in [1.29, 1.82) is 5.26 Å². The van der Waals surface area contributed by atoms with E-state index in [0.717, 1.165) is 43.9 Å². The summed E-state index contributed by atoms with van der Waals surface area (Å²) in [4.78, 5) is 17.2. The zero-order chi connectivity index (χ0) is 22.1. The van der Waals surface area contributed by atoms with Crippen molar-refractivity contribution in [3.63, 3.8) is 0 Å². The molecule has 0 unspecified atom stereocenters. The molecule has 5 heteroatoms. The minimum Gasteiger partial charge on any atom is -0.426 e. The van der Waals surface area contributed by atoms with Gasteiger partial charge in [0.25, 0.3) is 0 Å². The van der Waals surface area contributed by atoms with Crippen molar-refractivity contribution in [2.75, 3.05) is 0 Å². The first kappa shape index (κ1) is 22.9. The van der Waals surface area contributed by atoms with Gasteiger partial charge < -0.3 is 4.74 Å². The molecular weight excluding hydrogens is 391 g/mol. The van der Waals surface area contributed by atoms with Crippen LogP contribution in [-0.2, 0) is 11.2 Å². The van der Waals surface area contributed by atoms with Crippen LogP contribution in [0.4, 0.5) is 4.39 Å². The summed E-state index contributed by atoms with van der Waals surface area (Å²) < 4.78 is 19.1. The van der Waals surface area contributed by atoms with Crippen molar-refractivity contribution in [3.05, 3.63) is 59.2 Å². The second-order valence-corrected chi connectivity index (χ2v) is 8.48. The second kappa shape index (κ2) is 11.6. The maximum Gasteiger partial charge on any atom is 0.314 e. The number of carbonyl (C=O) groups is 1. The van der Waals surface area contributed by atoms with Crippen LogP contribution in [0.15, 0.2) is 36.5 Å². The fourth-order valence-corrected chi connectivity index (χ4v) is 4.23. The van der Waals surface area contributed by atoms with Gasteiger partial charge in [0, 0.05) is 23.9 Å². The van der Waals surface area contributed by atoms with Crippen LogP contribution in [0.5, 0.6) is 5.75 Å². The molecule has 0 saturated heterocycles. The van der Waals surface area contributed by atoms with Crippen LogP contribution in [-0.4, -0.2) is 11.0 Å². The van der Waals surface area contributed by atoms with E-state index in [1.165, 1.54) is 49.8 Å². The zero-order valence-corrected chi connectivity index (χ0v) is 18.3. The minimum absolute atomic E-state index is 0.0599. The van der Waals surface area contributed by atoms with E-state index in [2.05, 4.69) is 19.1 Å². The van der Waals surface area contributed by atoms with Gasteiger partial charge in [-0.05, 0) is 62.3 Å². The fraction of sp³-hybridized carbons (Fsp3) is 0.500.